The van der Waals surface area contributed by atoms with Crippen LogP contribution in [-0.4, -0.2) is 43.2 Å². The predicted octanol–water partition coefficient (Wildman–Crippen LogP) is 4.35. The van der Waals surface area contributed by atoms with Crippen molar-refractivity contribution in [2.24, 2.45) is 10.9 Å². The lowest BCUT2D eigenvalue weighted by molar-refractivity contribution is -0.148. The smallest absolute Gasteiger partial charge is 0.433 e. The second kappa shape index (κ2) is 8.88. The van der Waals surface area contributed by atoms with Crippen molar-refractivity contribution in [1.29, 1.82) is 0 Å². The molecule has 1 heterocycles. The van der Waals surface area contributed by atoms with Crippen molar-refractivity contribution < 1.29 is 45.4 Å². The molecule has 0 fully saturated rings. The van der Waals surface area contributed by atoms with E-state index in [0.717, 1.165) is 0 Å². The van der Waals surface area contributed by atoms with Crippen LogP contribution in [0, 0.1) is 5.92 Å². The molecule has 164 valence electrons. The van der Waals surface area contributed by atoms with Crippen molar-refractivity contribution in [3.05, 3.63) is 47.2 Å². The normalized spacial score (nSPS) is 19.9. The Hall–Kier alpha value is -2.85. The highest BCUT2D eigenvalue weighted by atomic mass is 19.4. The van der Waals surface area contributed by atoms with E-state index < -0.39 is 53.1 Å². The zero-order valence-corrected chi connectivity index (χ0v) is 15.8. The molecule has 0 aromatic heterocycles. The molecule has 0 saturated carbocycles. The van der Waals surface area contributed by atoms with Gasteiger partial charge in [0.15, 0.2) is 5.70 Å². The number of benzene rings is 1. The zero-order valence-electron chi connectivity index (χ0n) is 15.8. The summed E-state index contributed by atoms with van der Waals surface area (Å²) in [5.41, 5.74) is -5.35. The van der Waals surface area contributed by atoms with E-state index in [1.54, 1.807) is 0 Å². The SMILES string of the molecule is CCOC(=O)C1=C(C(F)(F)F)N=C(C(F)(F)F)C(C(=O)OCC)C1c1ccccc1. The Bertz CT molecular complexity index is 858. The number of hydrogen-bond donors (Lipinski definition) is 0. The second-order valence-corrected chi connectivity index (χ2v) is 6.09. The number of carbonyl (C=O) groups is 2. The number of halogens is 6. The van der Waals surface area contributed by atoms with Crippen molar-refractivity contribution >= 4 is 17.7 Å². The molecule has 1 aromatic rings. The Morgan fingerprint density at radius 3 is 1.97 bits per heavy atom. The molecule has 0 N–H and O–H groups in total. The average Bonchev–Trinajstić information content (AvgIpc) is 2.65. The van der Waals surface area contributed by atoms with Crippen LogP contribution in [0.1, 0.15) is 25.3 Å². The van der Waals surface area contributed by atoms with Gasteiger partial charge < -0.3 is 9.47 Å². The van der Waals surface area contributed by atoms with Crippen LogP contribution in [0.15, 0.2) is 46.6 Å². The van der Waals surface area contributed by atoms with Crippen molar-refractivity contribution in [3.8, 4) is 0 Å². The topological polar surface area (TPSA) is 65.0 Å². The Morgan fingerprint density at radius 2 is 1.50 bits per heavy atom. The third kappa shape index (κ3) is 4.82. The van der Waals surface area contributed by atoms with Gasteiger partial charge in [-0.1, -0.05) is 30.3 Å². The van der Waals surface area contributed by atoms with Gasteiger partial charge >= 0.3 is 24.3 Å². The minimum atomic E-state index is -5.41. The van der Waals surface area contributed by atoms with Crippen LogP contribution >= 0.6 is 0 Å². The maximum atomic E-state index is 13.7. The second-order valence-electron chi connectivity index (χ2n) is 6.09. The van der Waals surface area contributed by atoms with E-state index in [1.807, 2.05) is 0 Å². The number of allylic oxidation sites excluding steroid dienone is 1. The number of hydrogen-bond acceptors (Lipinski definition) is 5. The van der Waals surface area contributed by atoms with Gasteiger partial charge in [-0.25, -0.2) is 9.79 Å². The van der Waals surface area contributed by atoms with E-state index >= 15 is 0 Å². The molecule has 2 rings (SSSR count). The van der Waals surface area contributed by atoms with Gasteiger partial charge in [-0.15, -0.1) is 0 Å². The first-order valence-electron chi connectivity index (χ1n) is 8.79. The van der Waals surface area contributed by atoms with Crippen LogP contribution in [0.2, 0.25) is 0 Å². The molecule has 0 aliphatic carbocycles. The maximum Gasteiger partial charge on any atom is 0.433 e. The molecule has 5 nitrogen and oxygen atoms in total. The first-order valence-corrected chi connectivity index (χ1v) is 8.79. The van der Waals surface area contributed by atoms with Crippen LogP contribution in [0.3, 0.4) is 0 Å². The lowest BCUT2D eigenvalue weighted by Crippen LogP contribution is -2.45. The molecular formula is C19H17F6NO4. The van der Waals surface area contributed by atoms with Gasteiger partial charge in [0.1, 0.15) is 11.6 Å². The first-order chi connectivity index (χ1) is 13.9. The summed E-state index contributed by atoms with van der Waals surface area (Å²) >= 11 is 0. The largest absolute Gasteiger partial charge is 0.465 e. The van der Waals surface area contributed by atoms with Gasteiger partial charge in [-0.05, 0) is 19.4 Å². The number of nitrogens with zero attached hydrogens (tertiary/aromatic N) is 1. The number of rotatable bonds is 5. The summed E-state index contributed by atoms with van der Waals surface area (Å²) in [5, 5.41) is 0. The minimum absolute atomic E-state index is 0.128. The Kier molecular flexibility index (Phi) is 6.94. The van der Waals surface area contributed by atoms with Gasteiger partial charge in [-0.2, -0.15) is 26.3 Å². The molecule has 0 radical (unpaired) electrons. The molecule has 2 unspecified atom stereocenters. The predicted molar refractivity (Wildman–Crippen MR) is 92.5 cm³/mol. The number of aliphatic imine (C=N–C) groups is 1. The zero-order chi connectivity index (χ0) is 22.7. The number of alkyl halides is 6. The number of esters is 2. The molecule has 0 bridgehead atoms. The summed E-state index contributed by atoms with van der Waals surface area (Å²) in [7, 11) is 0. The van der Waals surface area contributed by atoms with Crippen LogP contribution in [-0.2, 0) is 19.1 Å². The van der Waals surface area contributed by atoms with E-state index in [9.17, 15) is 35.9 Å². The summed E-state index contributed by atoms with van der Waals surface area (Å²) in [6.07, 6.45) is -10.8. The highest BCUT2D eigenvalue weighted by Crippen LogP contribution is 2.47. The lowest BCUT2D eigenvalue weighted by Gasteiger charge is -2.34. The quantitative estimate of drug-likeness (QED) is 0.508. The molecule has 0 saturated heterocycles. The summed E-state index contributed by atoms with van der Waals surface area (Å²) in [5.74, 6) is -7.25. The minimum Gasteiger partial charge on any atom is -0.465 e. The Balaban J connectivity index is 2.92. The highest BCUT2D eigenvalue weighted by molar-refractivity contribution is 6.10. The van der Waals surface area contributed by atoms with Crippen molar-refractivity contribution in [1.82, 2.24) is 0 Å². The fourth-order valence-corrected chi connectivity index (χ4v) is 3.11. The summed E-state index contributed by atoms with van der Waals surface area (Å²) in [6.45, 7) is 1.98. The standard InChI is InChI=1S/C19H17F6NO4/c1-3-29-16(27)12-11(10-8-6-5-7-9-10)13(17(28)30-4-2)15(19(23,24)25)26-14(12)18(20,21)22/h5-9,11-12H,3-4H2,1-2H3. The van der Waals surface area contributed by atoms with Crippen LogP contribution in [0.4, 0.5) is 26.3 Å². The van der Waals surface area contributed by atoms with Crippen LogP contribution in [0.25, 0.3) is 0 Å². The van der Waals surface area contributed by atoms with E-state index in [0.29, 0.717) is 0 Å². The molecule has 1 aliphatic rings. The van der Waals surface area contributed by atoms with Crippen molar-refractivity contribution in [3.63, 3.8) is 0 Å². The van der Waals surface area contributed by atoms with E-state index in [4.69, 9.17) is 4.74 Å². The van der Waals surface area contributed by atoms with Crippen molar-refractivity contribution in [2.45, 2.75) is 32.1 Å². The van der Waals surface area contributed by atoms with Gasteiger partial charge in [0, 0.05) is 5.92 Å². The Morgan fingerprint density at radius 1 is 0.933 bits per heavy atom. The molecule has 11 heteroatoms. The van der Waals surface area contributed by atoms with E-state index in [2.05, 4.69) is 9.73 Å². The monoisotopic (exact) mass is 437 g/mol. The fourth-order valence-electron chi connectivity index (χ4n) is 3.11. The van der Waals surface area contributed by atoms with Crippen molar-refractivity contribution in [2.75, 3.05) is 13.2 Å². The number of ether oxygens (including phenoxy) is 2. The van der Waals surface area contributed by atoms with Crippen LogP contribution < -0.4 is 0 Å². The molecule has 1 aliphatic heterocycles. The van der Waals surface area contributed by atoms with Gasteiger partial charge in [0.05, 0.1) is 18.8 Å². The lowest BCUT2D eigenvalue weighted by atomic mass is 9.75. The summed E-state index contributed by atoms with van der Waals surface area (Å²) in [4.78, 5) is 27.6. The summed E-state index contributed by atoms with van der Waals surface area (Å²) in [6, 6.07) is 6.61. The molecule has 0 spiro atoms. The molecule has 2 atom stereocenters. The van der Waals surface area contributed by atoms with Gasteiger partial charge in [0.2, 0.25) is 0 Å². The average molecular weight is 437 g/mol. The summed E-state index contributed by atoms with van der Waals surface area (Å²) < 4.78 is 91.4. The molecule has 30 heavy (non-hydrogen) atoms. The number of carbonyl (C=O) groups excluding carboxylic acids is 2. The Labute approximate surface area is 167 Å². The third-order valence-corrected chi connectivity index (χ3v) is 4.18. The first kappa shape index (κ1) is 23.4. The van der Waals surface area contributed by atoms with E-state index in [-0.39, 0.29) is 18.8 Å². The molecular weight excluding hydrogens is 420 g/mol. The fraction of sp³-hybridized carbons (Fsp3) is 0.421. The van der Waals surface area contributed by atoms with E-state index in [1.165, 1.54) is 44.2 Å². The third-order valence-electron chi connectivity index (χ3n) is 4.18. The van der Waals surface area contributed by atoms with Gasteiger partial charge in [0.25, 0.3) is 0 Å². The van der Waals surface area contributed by atoms with Gasteiger partial charge in [-0.3, -0.25) is 4.79 Å². The maximum absolute atomic E-state index is 13.7. The highest BCUT2D eigenvalue weighted by Gasteiger charge is 2.56. The molecule has 1 aromatic carbocycles. The molecule has 0 amide bonds. The van der Waals surface area contributed by atoms with Crippen LogP contribution in [0.5, 0.6) is 0 Å².